The fourth-order valence-corrected chi connectivity index (χ4v) is 6.55. The van der Waals surface area contributed by atoms with Gasteiger partial charge in [0, 0.05) is 11.8 Å². The molecule has 4 nitrogen and oxygen atoms in total. The first-order chi connectivity index (χ1) is 13.2. The third-order valence-electron chi connectivity index (χ3n) is 7.87. The third kappa shape index (κ3) is 2.25. The standard InChI is InChI=1S/C23H27N3O/c1-13-6-8-14(9-7-13)20-17-4-2-3-5-18(17)22-24-21-16-11-10-15(12-16)19(21)23(27)26(22)25-20/h6-9,15-19,21H,2-5,10-12H2,1H3/t15-,16+,17+,18-,19+,21-/m0/s1. The number of nitrogens with zero attached hydrogens (tertiary/aromatic N) is 3. The Morgan fingerprint density at radius 1 is 0.963 bits per heavy atom. The summed E-state index contributed by atoms with van der Waals surface area (Å²) in [6.45, 7) is 2.12. The van der Waals surface area contributed by atoms with Crippen molar-refractivity contribution >= 4 is 17.5 Å². The van der Waals surface area contributed by atoms with Crippen molar-refractivity contribution in [1.29, 1.82) is 0 Å². The van der Waals surface area contributed by atoms with E-state index in [2.05, 4.69) is 31.2 Å². The number of hydrazone groups is 1. The van der Waals surface area contributed by atoms with Crippen LogP contribution in [0.1, 0.15) is 56.1 Å². The molecule has 0 radical (unpaired) electrons. The van der Waals surface area contributed by atoms with Gasteiger partial charge in [0.05, 0.1) is 17.7 Å². The van der Waals surface area contributed by atoms with Crippen molar-refractivity contribution in [2.45, 2.75) is 57.9 Å². The Kier molecular flexibility index (Phi) is 3.42. The van der Waals surface area contributed by atoms with Gasteiger partial charge >= 0.3 is 0 Å². The number of benzene rings is 1. The second kappa shape index (κ2) is 5.76. The number of rotatable bonds is 1. The van der Waals surface area contributed by atoms with Gasteiger partial charge in [0.25, 0.3) is 5.91 Å². The Bertz CT molecular complexity index is 855. The summed E-state index contributed by atoms with van der Waals surface area (Å²) in [5.74, 6) is 3.31. The molecule has 1 aromatic rings. The van der Waals surface area contributed by atoms with Gasteiger partial charge in [0.1, 0.15) is 5.84 Å². The number of amides is 1. The highest BCUT2D eigenvalue weighted by Gasteiger charge is 2.57. The zero-order valence-corrected chi connectivity index (χ0v) is 16.0. The zero-order valence-electron chi connectivity index (χ0n) is 16.0. The molecule has 0 unspecified atom stereocenters. The summed E-state index contributed by atoms with van der Waals surface area (Å²) in [6, 6.07) is 8.92. The number of hydrogen-bond donors (Lipinski definition) is 0. The van der Waals surface area contributed by atoms with Crippen molar-refractivity contribution in [3.63, 3.8) is 0 Å². The topological polar surface area (TPSA) is 45.0 Å². The van der Waals surface area contributed by atoms with E-state index in [9.17, 15) is 4.79 Å². The lowest BCUT2D eigenvalue weighted by Gasteiger charge is -2.45. The molecule has 2 heterocycles. The quantitative estimate of drug-likeness (QED) is 0.740. The number of amidine groups is 1. The molecule has 5 aliphatic rings. The van der Waals surface area contributed by atoms with E-state index in [1.54, 1.807) is 5.01 Å². The van der Waals surface area contributed by atoms with Gasteiger partial charge in [-0.25, -0.2) is 0 Å². The molecule has 0 N–H and O–H groups in total. The molecule has 1 amide bonds. The molecule has 1 aromatic carbocycles. The highest BCUT2D eigenvalue weighted by molar-refractivity contribution is 6.12. The maximum absolute atomic E-state index is 13.5. The molecule has 140 valence electrons. The van der Waals surface area contributed by atoms with Gasteiger partial charge in [-0.2, -0.15) is 10.1 Å². The first-order valence-electron chi connectivity index (χ1n) is 10.8. The van der Waals surface area contributed by atoms with Gasteiger partial charge in [0.2, 0.25) is 0 Å². The largest absolute Gasteiger partial charge is 0.272 e. The number of carbonyl (C=O) groups is 1. The molecular weight excluding hydrogens is 334 g/mol. The SMILES string of the molecule is Cc1ccc(C2=NN3C(=O)[C@@H]4[C@H]5CC[C@H](C5)[C@@H]4N=C3[C@H]3CCCC[C@@H]23)cc1. The molecule has 0 spiro atoms. The van der Waals surface area contributed by atoms with Gasteiger partial charge in [-0.3, -0.25) is 9.79 Å². The molecule has 0 saturated heterocycles. The summed E-state index contributed by atoms with van der Waals surface area (Å²) in [5, 5.41) is 6.74. The molecule has 27 heavy (non-hydrogen) atoms. The van der Waals surface area contributed by atoms with E-state index < -0.39 is 0 Å². The monoisotopic (exact) mass is 361 g/mol. The van der Waals surface area contributed by atoms with E-state index in [1.807, 2.05) is 0 Å². The minimum Gasteiger partial charge on any atom is -0.272 e. The van der Waals surface area contributed by atoms with Crippen molar-refractivity contribution in [1.82, 2.24) is 5.01 Å². The minimum absolute atomic E-state index is 0.0932. The van der Waals surface area contributed by atoms with Gasteiger partial charge in [-0.15, -0.1) is 0 Å². The summed E-state index contributed by atoms with van der Waals surface area (Å²) in [5.41, 5.74) is 3.56. The predicted octanol–water partition coefficient (Wildman–Crippen LogP) is 4.17. The predicted molar refractivity (Wildman–Crippen MR) is 106 cm³/mol. The summed E-state index contributed by atoms with van der Waals surface area (Å²) in [4.78, 5) is 18.7. The lowest BCUT2D eigenvalue weighted by Crippen LogP contribution is -2.55. The second-order valence-electron chi connectivity index (χ2n) is 9.34. The summed E-state index contributed by atoms with van der Waals surface area (Å²) in [6.07, 6.45) is 8.48. The Labute approximate surface area is 160 Å². The summed E-state index contributed by atoms with van der Waals surface area (Å²) < 4.78 is 0. The normalized spacial score (nSPS) is 39.4. The molecule has 2 bridgehead atoms. The smallest absolute Gasteiger partial charge is 0.254 e. The van der Waals surface area contributed by atoms with Crippen LogP contribution in [0.4, 0.5) is 0 Å². The average molecular weight is 361 g/mol. The Hall–Kier alpha value is -1.97. The molecule has 3 saturated carbocycles. The highest BCUT2D eigenvalue weighted by atomic mass is 16.2. The summed E-state index contributed by atoms with van der Waals surface area (Å²) in [7, 11) is 0. The molecule has 6 atom stereocenters. The van der Waals surface area contributed by atoms with Crippen LogP contribution in [0.3, 0.4) is 0 Å². The molecule has 2 aliphatic heterocycles. The number of carbonyl (C=O) groups excluding carboxylic acids is 1. The lowest BCUT2D eigenvalue weighted by atomic mass is 9.72. The van der Waals surface area contributed by atoms with Crippen LogP contribution in [0.15, 0.2) is 34.4 Å². The van der Waals surface area contributed by atoms with E-state index in [0.717, 1.165) is 18.0 Å². The third-order valence-corrected chi connectivity index (χ3v) is 7.87. The maximum atomic E-state index is 13.5. The van der Waals surface area contributed by atoms with Crippen LogP contribution < -0.4 is 0 Å². The van der Waals surface area contributed by atoms with Gasteiger partial charge in [0.15, 0.2) is 0 Å². The van der Waals surface area contributed by atoms with Gasteiger partial charge in [-0.05, 0) is 56.4 Å². The van der Waals surface area contributed by atoms with Crippen LogP contribution in [0, 0.1) is 36.5 Å². The van der Waals surface area contributed by atoms with E-state index in [-0.39, 0.29) is 17.9 Å². The maximum Gasteiger partial charge on any atom is 0.254 e. The van der Waals surface area contributed by atoms with Gasteiger partial charge < -0.3 is 0 Å². The van der Waals surface area contributed by atoms with E-state index in [4.69, 9.17) is 10.1 Å². The molecular formula is C23H27N3O. The number of aryl methyl sites for hydroxylation is 1. The van der Waals surface area contributed by atoms with E-state index in [0.29, 0.717) is 23.7 Å². The van der Waals surface area contributed by atoms with Crippen LogP contribution in [0.25, 0.3) is 0 Å². The van der Waals surface area contributed by atoms with Crippen molar-refractivity contribution in [3.05, 3.63) is 35.4 Å². The van der Waals surface area contributed by atoms with E-state index >= 15 is 0 Å². The Morgan fingerprint density at radius 2 is 1.70 bits per heavy atom. The first kappa shape index (κ1) is 16.0. The minimum atomic E-state index is 0.0932. The van der Waals surface area contributed by atoms with E-state index in [1.165, 1.54) is 49.7 Å². The van der Waals surface area contributed by atoms with Gasteiger partial charge in [-0.1, -0.05) is 42.7 Å². The van der Waals surface area contributed by atoms with Crippen LogP contribution in [0.5, 0.6) is 0 Å². The highest BCUT2D eigenvalue weighted by Crippen LogP contribution is 2.53. The Balaban J connectivity index is 1.47. The number of hydrogen-bond acceptors (Lipinski definition) is 3. The van der Waals surface area contributed by atoms with Crippen molar-refractivity contribution < 1.29 is 4.79 Å². The molecule has 0 aromatic heterocycles. The summed E-state index contributed by atoms with van der Waals surface area (Å²) >= 11 is 0. The first-order valence-corrected chi connectivity index (χ1v) is 10.8. The van der Waals surface area contributed by atoms with Crippen molar-refractivity contribution in [2.24, 2.45) is 39.7 Å². The van der Waals surface area contributed by atoms with Crippen molar-refractivity contribution in [3.8, 4) is 0 Å². The van der Waals surface area contributed by atoms with Crippen LogP contribution >= 0.6 is 0 Å². The fraction of sp³-hybridized carbons (Fsp3) is 0.609. The second-order valence-corrected chi connectivity index (χ2v) is 9.34. The van der Waals surface area contributed by atoms with Crippen molar-refractivity contribution in [2.75, 3.05) is 0 Å². The Morgan fingerprint density at radius 3 is 2.52 bits per heavy atom. The molecule has 6 rings (SSSR count). The number of aliphatic imine (C=N–C) groups is 1. The molecule has 3 aliphatic carbocycles. The lowest BCUT2D eigenvalue weighted by molar-refractivity contribution is -0.135. The molecule has 4 heteroatoms. The van der Waals surface area contributed by atoms with Crippen LogP contribution in [-0.4, -0.2) is 28.5 Å². The molecule has 3 fully saturated rings. The average Bonchev–Trinajstić information content (AvgIpc) is 3.31. The fourth-order valence-electron chi connectivity index (χ4n) is 6.55. The van der Waals surface area contributed by atoms with Crippen LogP contribution in [-0.2, 0) is 4.79 Å². The zero-order chi connectivity index (χ0) is 18.1. The van der Waals surface area contributed by atoms with Crippen LogP contribution in [0.2, 0.25) is 0 Å². The number of fused-ring (bicyclic) bond motifs is 8.